The van der Waals surface area contributed by atoms with E-state index in [0.29, 0.717) is 28.0 Å². The molecule has 38 heavy (non-hydrogen) atoms. The second kappa shape index (κ2) is 9.88. The number of fused-ring (bicyclic) bond motifs is 1. The zero-order chi connectivity index (χ0) is 26.4. The smallest absolute Gasteiger partial charge is 0.147 e. The number of rotatable bonds is 7. The van der Waals surface area contributed by atoms with Crippen LogP contribution in [-0.2, 0) is 10.3 Å². The highest BCUT2D eigenvalue weighted by Gasteiger charge is 2.32. The molecule has 0 spiro atoms. The van der Waals surface area contributed by atoms with Gasteiger partial charge in [-0.25, -0.2) is 13.6 Å². The number of piperidine rings is 1. The van der Waals surface area contributed by atoms with Crippen molar-refractivity contribution in [3.8, 4) is 17.0 Å². The Kier molecular flexibility index (Phi) is 6.55. The molecule has 0 aromatic carbocycles. The number of halogens is 2. The molecule has 0 amide bonds. The van der Waals surface area contributed by atoms with Gasteiger partial charge in [0.25, 0.3) is 0 Å². The van der Waals surface area contributed by atoms with Gasteiger partial charge in [-0.15, -0.1) is 5.10 Å². The van der Waals surface area contributed by atoms with E-state index in [2.05, 4.69) is 25.3 Å². The standard InChI is InChI=1S/C26H29ClFN7O3/c1-16-24(31-32-35(16)19-5-7-33(8-6-19)20-13-37-14-20)17-9-22(25-21(27)11-30-34(25)12-17)38-15-26(2,36)23-4-3-18(28)10-29-23/h3-4,9-12,19-20,36H,5-8,13-15H2,1-2H3. The summed E-state index contributed by atoms with van der Waals surface area (Å²) >= 11 is 6.42. The summed E-state index contributed by atoms with van der Waals surface area (Å²) in [6, 6.07) is 5.35. The fraction of sp³-hybridized carbons (Fsp3) is 0.462. The quantitative estimate of drug-likeness (QED) is 0.380. The van der Waals surface area contributed by atoms with Crippen molar-refractivity contribution < 1.29 is 19.0 Å². The van der Waals surface area contributed by atoms with Crippen LogP contribution in [0.2, 0.25) is 5.02 Å². The number of hydrogen-bond acceptors (Lipinski definition) is 8. The first-order valence-electron chi connectivity index (χ1n) is 12.7. The van der Waals surface area contributed by atoms with Crippen molar-refractivity contribution in [3.05, 3.63) is 59.0 Å². The molecule has 200 valence electrons. The van der Waals surface area contributed by atoms with E-state index in [0.717, 1.165) is 62.3 Å². The van der Waals surface area contributed by atoms with Crippen molar-refractivity contribution in [3.63, 3.8) is 0 Å². The number of ether oxygens (including phenoxy) is 2. The topological polar surface area (TPSA) is 103 Å². The molecule has 4 aromatic heterocycles. The van der Waals surface area contributed by atoms with Crippen LogP contribution in [0.4, 0.5) is 4.39 Å². The Balaban J connectivity index is 1.25. The highest BCUT2D eigenvalue weighted by molar-refractivity contribution is 6.34. The van der Waals surface area contributed by atoms with Gasteiger partial charge in [-0.1, -0.05) is 16.8 Å². The maximum Gasteiger partial charge on any atom is 0.147 e. The summed E-state index contributed by atoms with van der Waals surface area (Å²) < 4.78 is 28.4. The lowest BCUT2D eigenvalue weighted by molar-refractivity contribution is -0.0735. The van der Waals surface area contributed by atoms with E-state index in [-0.39, 0.29) is 12.6 Å². The molecule has 1 unspecified atom stereocenters. The molecule has 6 rings (SSSR count). The van der Waals surface area contributed by atoms with Crippen molar-refractivity contribution in [1.82, 2.24) is 34.5 Å². The van der Waals surface area contributed by atoms with E-state index < -0.39 is 11.4 Å². The molecule has 2 saturated heterocycles. The Morgan fingerprint density at radius 2 is 2.00 bits per heavy atom. The van der Waals surface area contributed by atoms with Gasteiger partial charge in [0.15, 0.2) is 0 Å². The zero-order valence-corrected chi connectivity index (χ0v) is 22.0. The predicted octanol–water partition coefficient (Wildman–Crippen LogP) is 3.41. The number of hydrogen-bond donors (Lipinski definition) is 1. The molecule has 2 fully saturated rings. The summed E-state index contributed by atoms with van der Waals surface area (Å²) in [6.45, 7) is 7.15. The van der Waals surface area contributed by atoms with Crippen molar-refractivity contribution >= 4 is 17.1 Å². The summed E-state index contributed by atoms with van der Waals surface area (Å²) in [5.74, 6) is -0.0507. The number of aliphatic hydroxyl groups is 1. The largest absolute Gasteiger partial charge is 0.488 e. The highest BCUT2D eigenvalue weighted by Crippen LogP contribution is 2.35. The Morgan fingerprint density at radius 3 is 2.68 bits per heavy atom. The first-order chi connectivity index (χ1) is 18.3. The minimum absolute atomic E-state index is 0.136. The van der Waals surface area contributed by atoms with Gasteiger partial charge < -0.3 is 14.6 Å². The van der Waals surface area contributed by atoms with Crippen LogP contribution in [0.5, 0.6) is 5.75 Å². The van der Waals surface area contributed by atoms with Crippen LogP contribution < -0.4 is 4.74 Å². The van der Waals surface area contributed by atoms with Crippen LogP contribution >= 0.6 is 11.6 Å². The van der Waals surface area contributed by atoms with Crippen LogP contribution in [0.1, 0.15) is 37.2 Å². The molecule has 4 aromatic rings. The monoisotopic (exact) mass is 541 g/mol. The summed E-state index contributed by atoms with van der Waals surface area (Å²) in [5.41, 5.74) is 1.84. The minimum atomic E-state index is -1.47. The molecular formula is C26H29ClFN7O3. The molecule has 1 N–H and O–H groups in total. The fourth-order valence-corrected chi connectivity index (χ4v) is 5.38. The van der Waals surface area contributed by atoms with Gasteiger partial charge in [-0.2, -0.15) is 5.10 Å². The minimum Gasteiger partial charge on any atom is -0.488 e. The third kappa shape index (κ3) is 4.64. The van der Waals surface area contributed by atoms with E-state index >= 15 is 0 Å². The number of pyridine rings is 2. The average molecular weight is 542 g/mol. The van der Waals surface area contributed by atoms with Crippen LogP contribution in [0.15, 0.2) is 36.8 Å². The number of aromatic nitrogens is 6. The highest BCUT2D eigenvalue weighted by atomic mass is 35.5. The van der Waals surface area contributed by atoms with Gasteiger partial charge in [0.05, 0.1) is 54.1 Å². The maximum absolute atomic E-state index is 13.3. The Labute approximate surface area is 223 Å². The third-order valence-electron chi connectivity index (χ3n) is 7.50. The first kappa shape index (κ1) is 25.2. The van der Waals surface area contributed by atoms with E-state index in [4.69, 9.17) is 21.1 Å². The zero-order valence-electron chi connectivity index (χ0n) is 21.2. The summed E-state index contributed by atoms with van der Waals surface area (Å²) in [7, 11) is 0. The molecule has 10 nitrogen and oxygen atoms in total. The molecule has 0 saturated carbocycles. The molecule has 12 heteroatoms. The molecule has 2 aliphatic rings. The van der Waals surface area contributed by atoms with Gasteiger partial charge in [0.2, 0.25) is 0 Å². The predicted molar refractivity (Wildman–Crippen MR) is 138 cm³/mol. The lowest BCUT2D eigenvalue weighted by atomic mass is 10.0. The average Bonchev–Trinajstić information content (AvgIpc) is 3.45. The van der Waals surface area contributed by atoms with E-state index in [1.165, 1.54) is 18.3 Å². The van der Waals surface area contributed by atoms with Crippen LogP contribution in [0, 0.1) is 12.7 Å². The normalized spacial score (nSPS) is 19.0. The third-order valence-corrected chi connectivity index (χ3v) is 7.78. The number of likely N-dealkylation sites (tertiary alicyclic amines) is 1. The lowest BCUT2D eigenvalue weighted by Gasteiger charge is -2.41. The van der Waals surface area contributed by atoms with E-state index in [9.17, 15) is 9.50 Å². The fourth-order valence-electron chi connectivity index (χ4n) is 5.16. The van der Waals surface area contributed by atoms with E-state index in [1.54, 1.807) is 11.4 Å². The van der Waals surface area contributed by atoms with Crippen molar-refractivity contribution in [2.24, 2.45) is 0 Å². The van der Waals surface area contributed by atoms with Crippen LogP contribution in [-0.4, -0.2) is 78.6 Å². The van der Waals surface area contributed by atoms with E-state index in [1.807, 2.05) is 23.9 Å². The van der Waals surface area contributed by atoms with Crippen LogP contribution in [0.25, 0.3) is 16.8 Å². The second-order valence-electron chi connectivity index (χ2n) is 10.2. The molecular weight excluding hydrogens is 513 g/mol. The Hall–Kier alpha value is -3.12. The van der Waals surface area contributed by atoms with Gasteiger partial charge >= 0.3 is 0 Å². The summed E-state index contributed by atoms with van der Waals surface area (Å²) in [4.78, 5) is 6.50. The van der Waals surface area contributed by atoms with Crippen molar-refractivity contribution in [1.29, 1.82) is 0 Å². The molecule has 6 heterocycles. The van der Waals surface area contributed by atoms with Gasteiger partial charge in [0.1, 0.15) is 35.0 Å². The second-order valence-corrected chi connectivity index (χ2v) is 10.6. The molecule has 0 bridgehead atoms. The molecule has 1 atom stereocenters. The Bertz CT molecular complexity index is 1440. The van der Waals surface area contributed by atoms with Crippen molar-refractivity contribution in [2.75, 3.05) is 32.9 Å². The summed E-state index contributed by atoms with van der Waals surface area (Å²) in [6.07, 6.45) is 6.46. The Morgan fingerprint density at radius 1 is 1.21 bits per heavy atom. The first-order valence-corrected chi connectivity index (χ1v) is 13.1. The van der Waals surface area contributed by atoms with Gasteiger partial charge in [0, 0.05) is 24.8 Å². The van der Waals surface area contributed by atoms with Gasteiger partial charge in [-0.05, 0) is 44.9 Å². The lowest BCUT2D eigenvalue weighted by Crippen LogP contribution is -2.52. The van der Waals surface area contributed by atoms with Crippen molar-refractivity contribution in [2.45, 2.75) is 44.4 Å². The number of nitrogens with zero attached hydrogens (tertiary/aromatic N) is 7. The maximum atomic E-state index is 13.3. The van der Waals surface area contributed by atoms with Gasteiger partial charge in [-0.3, -0.25) is 9.88 Å². The van der Waals surface area contributed by atoms with Crippen LogP contribution in [0.3, 0.4) is 0 Å². The SMILES string of the molecule is Cc1c(-c2cc(OCC(C)(O)c3ccc(F)cn3)c3c(Cl)cnn3c2)nnn1C1CCN(C2COC2)CC1. The molecule has 0 aliphatic carbocycles. The molecule has 0 radical (unpaired) electrons. The molecule has 2 aliphatic heterocycles. The summed E-state index contributed by atoms with van der Waals surface area (Å²) in [5, 5.41) is 24.8.